The second-order valence-corrected chi connectivity index (χ2v) is 12.3. The largest absolute Gasteiger partial charge is 0.466 e. The first-order valence-electron chi connectivity index (χ1n) is 14.0. The van der Waals surface area contributed by atoms with Crippen molar-refractivity contribution in [3.05, 3.63) is 48.6 Å². The van der Waals surface area contributed by atoms with E-state index in [0.717, 1.165) is 25.1 Å². The Labute approximate surface area is 234 Å². The zero-order chi connectivity index (χ0) is 27.6. The minimum atomic E-state index is -0.800. The normalized spacial score (nSPS) is 30.7. The van der Waals surface area contributed by atoms with Crippen LogP contribution in [0.2, 0.25) is 0 Å². The molecule has 2 unspecified atom stereocenters. The van der Waals surface area contributed by atoms with Crippen LogP contribution in [0.15, 0.2) is 43.0 Å². The van der Waals surface area contributed by atoms with Gasteiger partial charge in [-0.2, -0.15) is 0 Å². The van der Waals surface area contributed by atoms with Crippen LogP contribution in [0, 0.1) is 11.8 Å². The average molecular weight is 558 g/mol. The Bertz CT molecular complexity index is 1070. The molecule has 4 heterocycles. The molecule has 0 radical (unpaired) electrons. The number of benzene rings is 1. The number of thioether (sulfide) groups is 1. The van der Waals surface area contributed by atoms with Gasteiger partial charge in [0.25, 0.3) is 0 Å². The van der Waals surface area contributed by atoms with E-state index >= 15 is 0 Å². The first-order chi connectivity index (χ1) is 19.0. The molecule has 2 amide bonds. The van der Waals surface area contributed by atoms with Crippen molar-refractivity contribution >= 4 is 29.5 Å². The molecule has 0 saturated carbocycles. The lowest BCUT2D eigenvalue weighted by Crippen LogP contribution is -2.56. The Morgan fingerprint density at radius 2 is 2.05 bits per heavy atom. The van der Waals surface area contributed by atoms with E-state index in [1.54, 1.807) is 34.6 Å². The lowest BCUT2D eigenvalue weighted by Gasteiger charge is -2.40. The summed E-state index contributed by atoms with van der Waals surface area (Å²) < 4.78 is 10.2. The summed E-state index contributed by atoms with van der Waals surface area (Å²) in [6.45, 7) is 10.1. The van der Waals surface area contributed by atoms with Gasteiger partial charge in [-0.15, -0.1) is 18.3 Å². The van der Waals surface area contributed by atoms with Gasteiger partial charge in [-0.25, -0.2) is 0 Å². The van der Waals surface area contributed by atoms with Crippen molar-refractivity contribution in [2.75, 3.05) is 59.2 Å². The highest BCUT2D eigenvalue weighted by molar-refractivity contribution is 8.02. The maximum atomic E-state index is 14.6. The average Bonchev–Trinajstić information content (AvgIpc) is 3.60. The second-order valence-electron chi connectivity index (χ2n) is 10.7. The van der Waals surface area contributed by atoms with Crippen LogP contribution in [0.4, 0.5) is 0 Å². The molecule has 1 aromatic rings. The van der Waals surface area contributed by atoms with Crippen LogP contribution >= 0.6 is 11.8 Å². The molecular formula is C29H39N3O6S. The van der Waals surface area contributed by atoms with Crippen LogP contribution in [0.5, 0.6) is 0 Å². The fourth-order valence-corrected chi connectivity index (χ4v) is 9.14. The van der Waals surface area contributed by atoms with E-state index in [2.05, 4.69) is 11.5 Å². The Balaban J connectivity index is 1.52. The second kappa shape index (κ2) is 12.0. The number of carbonyl (C=O) groups is 3. The topological polar surface area (TPSA) is 99.6 Å². The fourth-order valence-electron chi connectivity index (χ4n) is 6.95. The molecular weight excluding hydrogens is 518 g/mol. The lowest BCUT2D eigenvalue weighted by atomic mass is 9.71. The summed E-state index contributed by atoms with van der Waals surface area (Å²) in [6.07, 6.45) is 3.13. The van der Waals surface area contributed by atoms with Crippen LogP contribution in [0.25, 0.3) is 0 Å². The number of aliphatic hydroxyl groups excluding tert-OH is 1. The number of esters is 1. The maximum absolute atomic E-state index is 14.6. The molecule has 6 atom stereocenters. The van der Waals surface area contributed by atoms with E-state index in [1.807, 2.05) is 30.3 Å². The molecule has 1 N–H and O–H groups in total. The summed E-state index contributed by atoms with van der Waals surface area (Å²) in [6, 6.07) is 7.85. The Hall–Kier alpha value is -2.40. The number of nitrogens with zero attached hydrogens (tertiary/aromatic N) is 3. The van der Waals surface area contributed by atoms with Crippen molar-refractivity contribution in [3.8, 4) is 0 Å². The third-order valence-electron chi connectivity index (χ3n) is 8.67. The highest BCUT2D eigenvalue weighted by atomic mass is 32.2. The van der Waals surface area contributed by atoms with Crippen molar-refractivity contribution in [2.24, 2.45) is 11.8 Å². The van der Waals surface area contributed by atoms with Crippen LogP contribution in [0.1, 0.15) is 31.4 Å². The number of hydrogen-bond acceptors (Lipinski definition) is 8. The maximum Gasteiger partial charge on any atom is 0.310 e. The summed E-state index contributed by atoms with van der Waals surface area (Å²) in [4.78, 5) is 47.7. The summed E-state index contributed by atoms with van der Waals surface area (Å²) in [5, 5.41) is 10.6. The van der Waals surface area contributed by atoms with Gasteiger partial charge >= 0.3 is 5.97 Å². The number of morpholine rings is 1. The van der Waals surface area contributed by atoms with Gasteiger partial charge in [0.05, 0.1) is 49.1 Å². The number of carbonyl (C=O) groups excluding carboxylic acids is 3. The van der Waals surface area contributed by atoms with Crippen LogP contribution < -0.4 is 0 Å². The molecule has 212 valence electrons. The minimum absolute atomic E-state index is 0.0547. The first kappa shape index (κ1) is 28.1. The number of fused-ring (bicyclic) bond motifs is 1. The van der Waals surface area contributed by atoms with Gasteiger partial charge < -0.3 is 24.4 Å². The van der Waals surface area contributed by atoms with Crippen molar-refractivity contribution in [1.82, 2.24) is 14.7 Å². The van der Waals surface area contributed by atoms with Crippen LogP contribution in [-0.4, -0.2) is 113 Å². The molecule has 4 saturated heterocycles. The van der Waals surface area contributed by atoms with E-state index in [4.69, 9.17) is 9.47 Å². The van der Waals surface area contributed by atoms with Gasteiger partial charge in [-0.05, 0) is 25.3 Å². The fraction of sp³-hybridized carbons (Fsp3) is 0.621. The molecule has 4 aliphatic rings. The van der Waals surface area contributed by atoms with Crippen molar-refractivity contribution in [3.63, 3.8) is 0 Å². The molecule has 4 aliphatic heterocycles. The molecule has 1 spiro atoms. The first-order valence-corrected chi connectivity index (χ1v) is 14.9. The number of aliphatic hydroxyl groups is 1. The molecule has 5 rings (SSSR count). The van der Waals surface area contributed by atoms with Gasteiger partial charge in [-0.3, -0.25) is 19.3 Å². The van der Waals surface area contributed by atoms with E-state index in [-0.39, 0.29) is 36.2 Å². The third-order valence-corrected chi connectivity index (χ3v) is 10.6. The Morgan fingerprint density at radius 3 is 2.72 bits per heavy atom. The van der Waals surface area contributed by atoms with E-state index in [0.29, 0.717) is 39.3 Å². The number of rotatable bonds is 11. The zero-order valence-electron chi connectivity index (χ0n) is 22.6. The molecule has 9 nitrogen and oxygen atoms in total. The van der Waals surface area contributed by atoms with E-state index < -0.39 is 28.7 Å². The van der Waals surface area contributed by atoms with Crippen LogP contribution in [-0.2, 0) is 23.9 Å². The van der Waals surface area contributed by atoms with Gasteiger partial charge in [0.2, 0.25) is 11.8 Å². The molecule has 2 bridgehead atoms. The third kappa shape index (κ3) is 5.01. The van der Waals surface area contributed by atoms with Crippen molar-refractivity contribution in [1.29, 1.82) is 0 Å². The molecule has 39 heavy (non-hydrogen) atoms. The summed E-state index contributed by atoms with van der Waals surface area (Å²) >= 11 is 1.62. The number of likely N-dealkylation sites (tertiary alicyclic amines) is 1. The monoisotopic (exact) mass is 557 g/mol. The molecule has 0 aromatic heterocycles. The number of hydrogen-bond donors (Lipinski definition) is 1. The number of amides is 2. The predicted octanol–water partition coefficient (Wildman–Crippen LogP) is 1.72. The van der Waals surface area contributed by atoms with Gasteiger partial charge in [-0.1, -0.05) is 36.4 Å². The van der Waals surface area contributed by atoms with Crippen molar-refractivity contribution < 1.29 is 29.0 Å². The highest BCUT2D eigenvalue weighted by Gasteiger charge is 2.74. The van der Waals surface area contributed by atoms with Crippen molar-refractivity contribution in [2.45, 2.75) is 41.8 Å². The predicted molar refractivity (Wildman–Crippen MR) is 148 cm³/mol. The molecule has 4 fully saturated rings. The number of ether oxygens (including phenoxy) is 2. The highest BCUT2D eigenvalue weighted by Crippen LogP contribution is 2.67. The minimum Gasteiger partial charge on any atom is -0.466 e. The Morgan fingerprint density at radius 1 is 1.31 bits per heavy atom. The molecule has 1 aromatic carbocycles. The lowest BCUT2D eigenvalue weighted by molar-refractivity contribution is -0.154. The smallest absolute Gasteiger partial charge is 0.310 e. The van der Waals surface area contributed by atoms with Crippen LogP contribution in [0.3, 0.4) is 0 Å². The SMILES string of the molecule is C=CCN(CCN1CCOCC1)C(=O)C1N([C@H](CO)c2ccccc2)C(=O)[C@@H]2[C@@H](C(=O)OCC)[C@H]3CCC12S3. The van der Waals surface area contributed by atoms with Gasteiger partial charge in [0.1, 0.15) is 6.04 Å². The molecule has 0 aliphatic carbocycles. The quantitative estimate of drug-likeness (QED) is 0.325. The van der Waals surface area contributed by atoms with E-state index in [1.165, 1.54) is 0 Å². The van der Waals surface area contributed by atoms with Gasteiger partial charge in [0.15, 0.2) is 0 Å². The summed E-state index contributed by atoms with van der Waals surface area (Å²) in [5.74, 6) is -2.00. The zero-order valence-corrected chi connectivity index (χ0v) is 23.4. The van der Waals surface area contributed by atoms with Gasteiger partial charge in [0, 0.05) is 38.0 Å². The molecule has 10 heteroatoms. The Kier molecular flexibility index (Phi) is 8.66. The summed E-state index contributed by atoms with van der Waals surface area (Å²) in [7, 11) is 0. The van der Waals surface area contributed by atoms with E-state index in [9.17, 15) is 19.5 Å². The standard InChI is InChI=1S/C29H39N3O6S/c1-3-12-31(14-13-30-15-17-37-18-16-30)27(35)25-29-11-10-22(39-29)23(28(36)38-4-2)24(29)26(34)32(25)21(19-33)20-8-6-5-7-9-20/h3,5-9,21-25,33H,1,4,10-19H2,2H3/t21-,22-,23+,24+,25?,29?/m1/s1. The summed E-state index contributed by atoms with van der Waals surface area (Å²) in [5.41, 5.74) is 0.762.